The number of hydrazone groups is 1. The van der Waals surface area contributed by atoms with E-state index in [4.69, 9.17) is 11.0 Å². The molecule has 5 heteroatoms. The zero-order valence-electron chi connectivity index (χ0n) is 8.09. The normalized spacial score (nSPS) is 12.0. The summed E-state index contributed by atoms with van der Waals surface area (Å²) in [6.07, 6.45) is 0.184. The van der Waals surface area contributed by atoms with E-state index in [-0.39, 0.29) is 11.8 Å². The van der Waals surface area contributed by atoms with Crippen molar-refractivity contribution >= 4 is 11.7 Å². The van der Waals surface area contributed by atoms with Crippen LogP contribution >= 0.6 is 0 Å². The van der Waals surface area contributed by atoms with Crippen molar-refractivity contribution in [1.82, 2.24) is 5.43 Å². The van der Waals surface area contributed by atoms with Crippen LogP contribution in [0.5, 0.6) is 0 Å². The summed E-state index contributed by atoms with van der Waals surface area (Å²) in [6.45, 7) is 5.73. The van der Waals surface area contributed by atoms with Crippen LogP contribution in [0.1, 0.15) is 27.2 Å². The van der Waals surface area contributed by atoms with Gasteiger partial charge in [-0.2, -0.15) is 10.4 Å². The average molecular weight is 182 g/mol. The summed E-state index contributed by atoms with van der Waals surface area (Å²) in [4.78, 5) is 10.4. The Hall–Kier alpha value is -1.57. The molecule has 0 fully saturated rings. The first kappa shape index (κ1) is 11.4. The van der Waals surface area contributed by atoms with Crippen LogP contribution in [0.2, 0.25) is 0 Å². The molecule has 0 heterocycles. The van der Waals surface area contributed by atoms with E-state index in [9.17, 15) is 4.79 Å². The zero-order chi connectivity index (χ0) is 10.5. The predicted octanol–water partition coefficient (Wildman–Crippen LogP) is 0.970. The largest absolute Gasteiger partial charge is 0.350 e. The standard InChI is InChI=1S/C8H14N4O/c1-8(2,3)6(4-5-9)11-12-7(10)13/h4H2,1-3H3,(H3,10,12,13). The molecule has 0 atom stereocenters. The van der Waals surface area contributed by atoms with Crippen LogP contribution in [0.3, 0.4) is 0 Å². The van der Waals surface area contributed by atoms with Crippen molar-refractivity contribution in [1.29, 1.82) is 5.26 Å². The fourth-order valence-electron chi connectivity index (χ4n) is 0.670. The molecule has 0 aliphatic heterocycles. The summed E-state index contributed by atoms with van der Waals surface area (Å²) in [5.41, 5.74) is 7.32. The zero-order valence-corrected chi connectivity index (χ0v) is 8.09. The van der Waals surface area contributed by atoms with Gasteiger partial charge in [0.05, 0.1) is 18.2 Å². The van der Waals surface area contributed by atoms with Crippen LogP contribution in [0, 0.1) is 16.7 Å². The number of amides is 2. The Morgan fingerprint density at radius 2 is 2.15 bits per heavy atom. The first-order valence-corrected chi connectivity index (χ1v) is 3.87. The van der Waals surface area contributed by atoms with Crippen LogP contribution in [0.4, 0.5) is 4.79 Å². The number of nitriles is 1. The lowest BCUT2D eigenvalue weighted by molar-refractivity contribution is 0.249. The van der Waals surface area contributed by atoms with Gasteiger partial charge in [-0.1, -0.05) is 20.8 Å². The van der Waals surface area contributed by atoms with E-state index in [1.807, 2.05) is 26.8 Å². The number of nitrogens with one attached hydrogen (secondary N) is 1. The number of rotatable bonds is 2. The summed E-state index contributed by atoms with van der Waals surface area (Å²) in [5.74, 6) is 0. The molecule has 3 N–H and O–H groups in total. The minimum Gasteiger partial charge on any atom is -0.350 e. The smallest absolute Gasteiger partial charge is 0.332 e. The van der Waals surface area contributed by atoms with Crippen molar-refractivity contribution in [3.63, 3.8) is 0 Å². The van der Waals surface area contributed by atoms with E-state index >= 15 is 0 Å². The number of carbonyl (C=O) groups is 1. The Balaban J connectivity index is 4.53. The van der Waals surface area contributed by atoms with Gasteiger partial charge < -0.3 is 5.73 Å². The van der Waals surface area contributed by atoms with E-state index < -0.39 is 6.03 Å². The Bertz CT molecular complexity index is 256. The lowest BCUT2D eigenvalue weighted by Gasteiger charge is -2.18. The molecule has 13 heavy (non-hydrogen) atoms. The molecule has 0 spiro atoms. The number of urea groups is 1. The maximum absolute atomic E-state index is 10.4. The van der Waals surface area contributed by atoms with Gasteiger partial charge in [0.15, 0.2) is 0 Å². The molecule has 0 aromatic heterocycles. The molecular formula is C8H14N4O. The highest BCUT2D eigenvalue weighted by atomic mass is 16.2. The van der Waals surface area contributed by atoms with E-state index in [1.165, 1.54) is 0 Å². The van der Waals surface area contributed by atoms with E-state index in [1.54, 1.807) is 0 Å². The molecule has 2 amide bonds. The lowest BCUT2D eigenvalue weighted by atomic mass is 9.88. The van der Waals surface area contributed by atoms with Crippen LogP contribution in [-0.2, 0) is 0 Å². The molecule has 0 radical (unpaired) electrons. The first-order chi connectivity index (χ1) is 5.88. The van der Waals surface area contributed by atoms with Crippen molar-refractivity contribution in [2.24, 2.45) is 16.3 Å². The van der Waals surface area contributed by atoms with Crippen molar-refractivity contribution in [3.8, 4) is 6.07 Å². The number of hydrogen-bond acceptors (Lipinski definition) is 3. The van der Waals surface area contributed by atoms with Crippen molar-refractivity contribution in [2.75, 3.05) is 0 Å². The Morgan fingerprint density at radius 1 is 1.62 bits per heavy atom. The fraction of sp³-hybridized carbons (Fsp3) is 0.625. The van der Waals surface area contributed by atoms with Gasteiger partial charge in [-0.15, -0.1) is 0 Å². The number of primary amides is 1. The first-order valence-electron chi connectivity index (χ1n) is 3.87. The van der Waals surface area contributed by atoms with Crippen LogP contribution in [-0.4, -0.2) is 11.7 Å². The predicted molar refractivity (Wildman–Crippen MR) is 49.8 cm³/mol. The highest BCUT2D eigenvalue weighted by Crippen LogP contribution is 2.17. The number of carbonyl (C=O) groups excluding carboxylic acids is 1. The highest BCUT2D eigenvalue weighted by Gasteiger charge is 2.18. The van der Waals surface area contributed by atoms with Crippen LogP contribution < -0.4 is 11.2 Å². The molecule has 5 nitrogen and oxygen atoms in total. The van der Waals surface area contributed by atoms with E-state index in [0.29, 0.717) is 5.71 Å². The summed E-state index contributed by atoms with van der Waals surface area (Å²) in [5, 5.41) is 12.2. The Morgan fingerprint density at radius 3 is 2.46 bits per heavy atom. The second-order valence-corrected chi connectivity index (χ2v) is 3.62. The summed E-state index contributed by atoms with van der Waals surface area (Å²) in [7, 11) is 0. The fourth-order valence-corrected chi connectivity index (χ4v) is 0.670. The molecular weight excluding hydrogens is 168 g/mol. The van der Waals surface area contributed by atoms with E-state index in [2.05, 4.69) is 10.5 Å². The Labute approximate surface area is 77.6 Å². The maximum Gasteiger partial charge on any atom is 0.332 e. The molecule has 0 aliphatic rings. The second kappa shape index (κ2) is 4.45. The third-order valence-corrected chi connectivity index (χ3v) is 1.41. The van der Waals surface area contributed by atoms with Gasteiger partial charge >= 0.3 is 6.03 Å². The van der Waals surface area contributed by atoms with Crippen molar-refractivity contribution in [2.45, 2.75) is 27.2 Å². The quantitative estimate of drug-likeness (QED) is 0.492. The molecule has 0 bridgehead atoms. The Kier molecular flexibility index (Phi) is 3.92. The molecule has 0 unspecified atom stereocenters. The van der Waals surface area contributed by atoms with Crippen LogP contribution in [0.25, 0.3) is 0 Å². The minimum atomic E-state index is -0.723. The summed E-state index contributed by atoms with van der Waals surface area (Å²) >= 11 is 0. The third kappa shape index (κ3) is 4.80. The topological polar surface area (TPSA) is 91.3 Å². The average Bonchev–Trinajstić information content (AvgIpc) is 1.95. The molecule has 0 saturated heterocycles. The minimum absolute atomic E-state index is 0.184. The molecule has 0 saturated carbocycles. The van der Waals surface area contributed by atoms with Crippen LogP contribution in [0.15, 0.2) is 5.10 Å². The van der Waals surface area contributed by atoms with Gasteiger partial charge in [0.25, 0.3) is 0 Å². The molecule has 72 valence electrons. The van der Waals surface area contributed by atoms with Gasteiger partial charge in [0.2, 0.25) is 0 Å². The van der Waals surface area contributed by atoms with Crippen molar-refractivity contribution < 1.29 is 4.79 Å². The van der Waals surface area contributed by atoms with Gasteiger partial charge in [0.1, 0.15) is 0 Å². The van der Waals surface area contributed by atoms with Crippen molar-refractivity contribution in [3.05, 3.63) is 0 Å². The molecule has 0 rings (SSSR count). The number of nitrogens with two attached hydrogens (primary N) is 1. The third-order valence-electron chi connectivity index (χ3n) is 1.41. The lowest BCUT2D eigenvalue weighted by Crippen LogP contribution is -2.29. The van der Waals surface area contributed by atoms with Gasteiger partial charge in [-0.3, -0.25) is 0 Å². The van der Waals surface area contributed by atoms with Gasteiger partial charge in [-0.25, -0.2) is 10.2 Å². The molecule has 0 aromatic rings. The van der Waals surface area contributed by atoms with Gasteiger partial charge in [-0.05, 0) is 0 Å². The maximum atomic E-state index is 10.4. The van der Waals surface area contributed by atoms with Gasteiger partial charge in [0, 0.05) is 5.41 Å². The molecule has 0 aliphatic carbocycles. The summed E-state index contributed by atoms with van der Waals surface area (Å²) in [6, 6.07) is 1.25. The number of hydrogen-bond donors (Lipinski definition) is 2. The number of nitrogens with zero attached hydrogens (tertiary/aromatic N) is 2. The molecule has 0 aromatic carbocycles. The SMILES string of the molecule is CC(C)(C)C(CC#N)=NNC(N)=O. The van der Waals surface area contributed by atoms with E-state index in [0.717, 1.165) is 0 Å². The summed E-state index contributed by atoms with van der Waals surface area (Å²) < 4.78 is 0. The monoisotopic (exact) mass is 182 g/mol. The highest BCUT2D eigenvalue weighted by molar-refractivity contribution is 5.91. The second-order valence-electron chi connectivity index (χ2n) is 3.62.